The van der Waals surface area contributed by atoms with E-state index in [0.29, 0.717) is 12.0 Å². The summed E-state index contributed by atoms with van der Waals surface area (Å²) in [6.45, 7) is 7.97. The fraction of sp³-hybridized carbons (Fsp3) is 0.600. The Morgan fingerprint density at radius 3 is 2.71 bits per heavy atom. The molecule has 0 saturated carbocycles. The summed E-state index contributed by atoms with van der Waals surface area (Å²) in [5.41, 5.74) is 4.17. The Morgan fingerprint density at radius 2 is 2.00 bits per heavy atom. The molecule has 1 unspecified atom stereocenters. The highest BCUT2D eigenvalue weighted by Gasteiger charge is 2.19. The van der Waals surface area contributed by atoms with Gasteiger partial charge in [-0.05, 0) is 37.3 Å². The first kappa shape index (κ1) is 12.3. The van der Waals surface area contributed by atoms with Crippen LogP contribution in [0.2, 0.25) is 0 Å². The van der Waals surface area contributed by atoms with Crippen molar-refractivity contribution < 1.29 is 0 Å². The zero-order valence-corrected chi connectivity index (χ0v) is 11.5. The van der Waals surface area contributed by atoms with Crippen LogP contribution in [-0.4, -0.2) is 19.6 Å². The summed E-state index contributed by atoms with van der Waals surface area (Å²) in [7, 11) is 2.20. The van der Waals surface area contributed by atoms with E-state index in [0.717, 1.165) is 6.54 Å². The summed E-state index contributed by atoms with van der Waals surface area (Å²) in [5, 5.41) is 3.56. The van der Waals surface area contributed by atoms with Crippen LogP contribution < -0.4 is 10.2 Å². The second kappa shape index (κ2) is 4.99. The van der Waals surface area contributed by atoms with Crippen molar-refractivity contribution in [3.8, 4) is 0 Å². The maximum absolute atomic E-state index is 3.56. The number of fused-ring (bicyclic) bond motifs is 1. The van der Waals surface area contributed by atoms with Gasteiger partial charge in [0.25, 0.3) is 0 Å². The minimum Gasteiger partial charge on any atom is -0.383 e. The van der Waals surface area contributed by atoms with E-state index in [-0.39, 0.29) is 0 Å². The van der Waals surface area contributed by atoms with Crippen LogP contribution in [0.4, 0.5) is 11.4 Å². The molecular formula is C15H24N2. The quantitative estimate of drug-likeness (QED) is 0.857. The Bertz CT molecular complexity index is 385. The van der Waals surface area contributed by atoms with Crippen molar-refractivity contribution in [2.24, 2.45) is 5.92 Å². The van der Waals surface area contributed by atoms with Gasteiger partial charge < -0.3 is 10.2 Å². The lowest BCUT2D eigenvalue weighted by molar-refractivity contribution is 0.505. The van der Waals surface area contributed by atoms with Crippen molar-refractivity contribution in [2.45, 2.75) is 39.7 Å². The van der Waals surface area contributed by atoms with Gasteiger partial charge in [-0.3, -0.25) is 0 Å². The summed E-state index contributed by atoms with van der Waals surface area (Å²) in [6, 6.07) is 7.23. The molecule has 0 bridgehead atoms. The Kier molecular flexibility index (Phi) is 3.60. The predicted octanol–water partition coefficient (Wildman–Crippen LogP) is 3.53. The van der Waals surface area contributed by atoms with E-state index in [4.69, 9.17) is 0 Å². The van der Waals surface area contributed by atoms with Gasteiger partial charge in [0, 0.05) is 19.6 Å². The van der Waals surface area contributed by atoms with E-state index in [1.165, 1.54) is 29.8 Å². The molecule has 1 aromatic rings. The number of para-hydroxylation sites is 1. The number of nitrogens with zero attached hydrogens (tertiary/aromatic N) is 1. The van der Waals surface area contributed by atoms with Gasteiger partial charge in [-0.25, -0.2) is 0 Å². The third-order valence-corrected chi connectivity index (χ3v) is 4.01. The van der Waals surface area contributed by atoms with Crippen LogP contribution in [0.5, 0.6) is 0 Å². The number of rotatable bonds is 3. The van der Waals surface area contributed by atoms with Gasteiger partial charge in [0.2, 0.25) is 0 Å². The second-order valence-corrected chi connectivity index (χ2v) is 5.44. The van der Waals surface area contributed by atoms with Crippen molar-refractivity contribution in [2.75, 3.05) is 23.8 Å². The van der Waals surface area contributed by atoms with Crippen LogP contribution in [0.25, 0.3) is 0 Å². The van der Waals surface area contributed by atoms with Gasteiger partial charge in [0.15, 0.2) is 0 Å². The molecule has 0 amide bonds. The van der Waals surface area contributed by atoms with Gasteiger partial charge >= 0.3 is 0 Å². The molecule has 2 nitrogen and oxygen atoms in total. The molecule has 0 saturated heterocycles. The van der Waals surface area contributed by atoms with Crippen molar-refractivity contribution >= 4 is 11.4 Å². The Hall–Kier alpha value is -1.18. The van der Waals surface area contributed by atoms with E-state index in [1.807, 2.05) is 0 Å². The highest BCUT2D eigenvalue weighted by molar-refractivity contribution is 5.74. The van der Waals surface area contributed by atoms with Crippen molar-refractivity contribution in [1.29, 1.82) is 0 Å². The third kappa shape index (κ3) is 2.41. The molecule has 1 aliphatic rings. The smallest absolute Gasteiger partial charge is 0.0610 e. The number of aryl methyl sites for hydroxylation is 1. The lowest BCUT2D eigenvalue weighted by atomic mass is 9.99. The third-order valence-electron chi connectivity index (χ3n) is 4.01. The largest absolute Gasteiger partial charge is 0.383 e. The molecule has 0 radical (unpaired) electrons. The summed E-state index contributed by atoms with van der Waals surface area (Å²) in [5.74, 6) is 0.666. The van der Waals surface area contributed by atoms with Crippen molar-refractivity contribution in [3.63, 3.8) is 0 Å². The van der Waals surface area contributed by atoms with E-state index < -0.39 is 0 Å². The molecule has 1 aliphatic heterocycles. The molecule has 17 heavy (non-hydrogen) atoms. The molecule has 2 heteroatoms. The highest BCUT2D eigenvalue weighted by atomic mass is 15.1. The monoisotopic (exact) mass is 232 g/mol. The number of anilines is 2. The average molecular weight is 232 g/mol. The van der Waals surface area contributed by atoms with Crippen molar-refractivity contribution in [1.82, 2.24) is 0 Å². The summed E-state index contributed by atoms with van der Waals surface area (Å²) >= 11 is 0. The molecule has 0 aliphatic carbocycles. The Morgan fingerprint density at radius 1 is 1.24 bits per heavy atom. The topological polar surface area (TPSA) is 15.3 Å². The maximum atomic E-state index is 3.56. The van der Waals surface area contributed by atoms with Gasteiger partial charge in [0.05, 0.1) is 11.4 Å². The normalized spacial score (nSPS) is 16.3. The molecule has 0 aromatic heterocycles. The number of benzene rings is 1. The zero-order chi connectivity index (χ0) is 12.4. The lowest BCUT2D eigenvalue weighted by Gasteiger charge is -2.33. The van der Waals surface area contributed by atoms with Gasteiger partial charge in [-0.2, -0.15) is 0 Å². The van der Waals surface area contributed by atoms with E-state index in [2.05, 4.69) is 56.2 Å². The highest BCUT2D eigenvalue weighted by Crippen LogP contribution is 2.33. The minimum absolute atomic E-state index is 0.560. The van der Waals surface area contributed by atoms with Crippen LogP contribution in [0.1, 0.15) is 32.8 Å². The number of hydrogen-bond acceptors (Lipinski definition) is 2. The lowest BCUT2D eigenvalue weighted by Crippen LogP contribution is -2.34. The summed E-state index contributed by atoms with van der Waals surface area (Å²) in [4.78, 5) is 2.40. The van der Waals surface area contributed by atoms with Gasteiger partial charge in [0.1, 0.15) is 0 Å². The molecule has 0 spiro atoms. The molecule has 94 valence electrons. The average Bonchev–Trinajstić information content (AvgIpc) is 2.36. The molecule has 1 N–H and O–H groups in total. The number of nitrogens with one attached hydrogen (secondary N) is 1. The number of hydrogen-bond donors (Lipinski definition) is 1. The van der Waals surface area contributed by atoms with Crippen LogP contribution in [0.15, 0.2) is 18.2 Å². The van der Waals surface area contributed by atoms with Gasteiger partial charge in [-0.1, -0.05) is 26.0 Å². The molecule has 1 atom stereocenters. The summed E-state index contributed by atoms with van der Waals surface area (Å²) in [6.07, 6.45) is 2.46. The molecule has 1 heterocycles. The standard InChI is InChI=1S/C15H24N2/c1-11(2)12(3)17(4)14-9-5-7-13-8-6-10-16-15(13)14/h5,7,9,11-12,16H,6,8,10H2,1-4H3. The Balaban J connectivity index is 2.32. The van der Waals surface area contributed by atoms with Crippen LogP contribution in [0.3, 0.4) is 0 Å². The predicted molar refractivity (Wildman–Crippen MR) is 76.0 cm³/mol. The van der Waals surface area contributed by atoms with E-state index >= 15 is 0 Å². The Labute approximate surface area is 105 Å². The van der Waals surface area contributed by atoms with Gasteiger partial charge in [-0.15, -0.1) is 0 Å². The van der Waals surface area contributed by atoms with Crippen LogP contribution in [-0.2, 0) is 6.42 Å². The van der Waals surface area contributed by atoms with Crippen LogP contribution in [0, 0.1) is 5.92 Å². The zero-order valence-electron chi connectivity index (χ0n) is 11.5. The maximum Gasteiger partial charge on any atom is 0.0610 e. The van der Waals surface area contributed by atoms with E-state index in [1.54, 1.807) is 0 Å². The fourth-order valence-corrected chi connectivity index (χ4v) is 2.45. The summed E-state index contributed by atoms with van der Waals surface area (Å²) < 4.78 is 0. The first-order chi connectivity index (χ1) is 8.11. The van der Waals surface area contributed by atoms with Crippen molar-refractivity contribution in [3.05, 3.63) is 23.8 Å². The SMILES string of the molecule is CC(C)C(C)N(C)c1cccc2c1NCCC2. The minimum atomic E-state index is 0.560. The molecule has 2 rings (SSSR count). The second-order valence-electron chi connectivity index (χ2n) is 5.44. The first-order valence-corrected chi connectivity index (χ1v) is 6.70. The first-order valence-electron chi connectivity index (χ1n) is 6.70. The fourth-order valence-electron chi connectivity index (χ4n) is 2.45. The molecule has 0 fully saturated rings. The molecular weight excluding hydrogens is 208 g/mol. The van der Waals surface area contributed by atoms with E-state index in [9.17, 15) is 0 Å². The van der Waals surface area contributed by atoms with Crippen LogP contribution >= 0.6 is 0 Å². The molecule has 1 aromatic carbocycles.